The standard InChI is InChI=1S/C11H16/c1-2-6-11(5-1)8-9-3-4-10(11)7-9/h1,5,9-10H,2-4,6-8H2. The summed E-state index contributed by atoms with van der Waals surface area (Å²) in [4.78, 5) is 0. The van der Waals surface area contributed by atoms with Crippen LogP contribution >= 0.6 is 0 Å². The fraction of sp³-hybridized carbons (Fsp3) is 0.818. The fourth-order valence-electron chi connectivity index (χ4n) is 3.75. The van der Waals surface area contributed by atoms with Crippen LogP contribution in [0.5, 0.6) is 0 Å². The Morgan fingerprint density at radius 1 is 1.27 bits per heavy atom. The molecule has 1 spiro atoms. The average molecular weight is 148 g/mol. The summed E-state index contributed by atoms with van der Waals surface area (Å²) >= 11 is 0. The van der Waals surface area contributed by atoms with Gasteiger partial charge < -0.3 is 0 Å². The molecular weight excluding hydrogens is 132 g/mol. The predicted octanol–water partition coefficient (Wildman–Crippen LogP) is 3.14. The van der Waals surface area contributed by atoms with E-state index >= 15 is 0 Å². The molecule has 11 heavy (non-hydrogen) atoms. The zero-order valence-electron chi connectivity index (χ0n) is 7.05. The van der Waals surface area contributed by atoms with Crippen molar-refractivity contribution in [3.8, 4) is 0 Å². The molecule has 0 aliphatic heterocycles. The van der Waals surface area contributed by atoms with Crippen molar-refractivity contribution < 1.29 is 0 Å². The summed E-state index contributed by atoms with van der Waals surface area (Å²) in [5.41, 5.74) is 0.725. The summed E-state index contributed by atoms with van der Waals surface area (Å²) in [6.07, 6.45) is 14.0. The minimum absolute atomic E-state index is 0.725. The van der Waals surface area contributed by atoms with Gasteiger partial charge in [-0.05, 0) is 49.4 Å². The van der Waals surface area contributed by atoms with Crippen LogP contribution in [0.2, 0.25) is 0 Å². The van der Waals surface area contributed by atoms with E-state index in [0.29, 0.717) is 0 Å². The fourth-order valence-corrected chi connectivity index (χ4v) is 3.75. The first-order valence-corrected chi connectivity index (χ1v) is 5.07. The molecule has 3 rings (SSSR count). The Morgan fingerprint density at radius 3 is 2.82 bits per heavy atom. The molecule has 3 atom stereocenters. The number of hydrogen-bond acceptors (Lipinski definition) is 0. The van der Waals surface area contributed by atoms with Gasteiger partial charge in [0.2, 0.25) is 0 Å². The quantitative estimate of drug-likeness (QED) is 0.463. The molecule has 0 aromatic heterocycles. The molecule has 0 aromatic rings. The smallest absolute Gasteiger partial charge is 0.00843 e. The molecule has 2 bridgehead atoms. The molecule has 3 aliphatic carbocycles. The lowest BCUT2D eigenvalue weighted by Crippen LogP contribution is -2.22. The van der Waals surface area contributed by atoms with E-state index in [4.69, 9.17) is 0 Å². The molecule has 3 aliphatic rings. The van der Waals surface area contributed by atoms with Crippen molar-refractivity contribution in [2.45, 2.75) is 38.5 Å². The molecule has 60 valence electrons. The monoisotopic (exact) mass is 148 g/mol. The average Bonchev–Trinajstić information content (AvgIpc) is 2.64. The second-order valence-corrected chi connectivity index (χ2v) is 4.75. The van der Waals surface area contributed by atoms with Gasteiger partial charge in [0.05, 0.1) is 0 Å². The molecule has 0 radical (unpaired) electrons. The van der Waals surface area contributed by atoms with Gasteiger partial charge in [0.1, 0.15) is 0 Å². The molecule has 0 N–H and O–H groups in total. The van der Waals surface area contributed by atoms with Gasteiger partial charge in [-0.3, -0.25) is 0 Å². The maximum absolute atomic E-state index is 2.55. The summed E-state index contributed by atoms with van der Waals surface area (Å²) in [7, 11) is 0. The topological polar surface area (TPSA) is 0 Å². The van der Waals surface area contributed by atoms with E-state index in [-0.39, 0.29) is 0 Å². The molecule has 0 heteroatoms. The van der Waals surface area contributed by atoms with Gasteiger partial charge in [0, 0.05) is 0 Å². The van der Waals surface area contributed by atoms with Crippen LogP contribution in [-0.4, -0.2) is 0 Å². The summed E-state index contributed by atoms with van der Waals surface area (Å²) in [6.45, 7) is 0. The van der Waals surface area contributed by atoms with Crippen molar-refractivity contribution in [1.82, 2.24) is 0 Å². The lowest BCUT2D eigenvalue weighted by atomic mass is 9.73. The van der Waals surface area contributed by atoms with Crippen LogP contribution in [0.3, 0.4) is 0 Å². The highest BCUT2D eigenvalue weighted by molar-refractivity contribution is 5.15. The number of rotatable bonds is 0. The van der Waals surface area contributed by atoms with E-state index in [1.54, 1.807) is 12.8 Å². The van der Waals surface area contributed by atoms with E-state index in [1.807, 2.05) is 0 Å². The maximum atomic E-state index is 2.55. The number of hydrogen-bond donors (Lipinski definition) is 0. The maximum Gasteiger partial charge on any atom is -0.00843 e. The zero-order valence-corrected chi connectivity index (χ0v) is 7.05. The number of allylic oxidation sites excluding steroid dienone is 2. The lowest BCUT2D eigenvalue weighted by molar-refractivity contribution is 0.228. The van der Waals surface area contributed by atoms with Gasteiger partial charge in [0.25, 0.3) is 0 Å². The molecule has 0 nitrogen and oxygen atoms in total. The lowest BCUT2D eigenvalue weighted by Gasteiger charge is -2.31. The summed E-state index contributed by atoms with van der Waals surface area (Å²) in [5, 5.41) is 0. The van der Waals surface area contributed by atoms with Crippen LogP contribution in [0, 0.1) is 17.3 Å². The predicted molar refractivity (Wildman–Crippen MR) is 46.3 cm³/mol. The first kappa shape index (κ1) is 6.28. The van der Waals surface area contributed by atoms with Crippen LogP contribution in [0.4, 0.5) is 0 Å². The van der Waals surface area contributed by atoms with Crippen LogP contribution in [0.1, 0.15) is 38.5 Å². The Kier molecular flexibility index (Phi) is 1.09. The van der Waals surface area contributed by atoms with Gasteiger partial charge in [-0.15, -0.1) is 0 Å². The van der Waals surface area contributed by atoms with Gasteiger partial charge in [-0.2, -0.15) is 0 Å². The Balaban J connectivity index is 1.94. The van der Waals surface area contributed by atoms with E-state index in [0.717, 1.165) is 17.3 Å². The Morgan fingerprint density at radius 2 is 2.27 bits per heavy atom. The van der Waals surface area contributed by atoms with E-state index in [9.17, 15) is 0 Å². The molecular formula is C11H16. The Hall–Kier alpha value is -0.260. The van der Waals surface area contributed by atoms with Gasteiger partial charge >= 0.3 is 0 Å². The van der Waals surface area contributed by atoms with Crippen molar-refractivity contribution in [2.75, 3.05) is 0 Å². The minimum Gasteiger partial charge on any atom is -0.0879 e. The van der Waals surface area contributed by atoms with E-state index in [1.165, 1.54) is 25.7 Å². The van der Waals surface area contributed by atoms with Crippen LogP contribution in [-0.2, 0) is 0 Å². The number of fused-ring (bicyclic) bond motifs is 3. The van der Waals surface area contributed by atoms with Gasteiger partial charge in [0.15, 0.2) is 0 Å². The normalized spacial score (nSPS) is 53.1. The second kappa shape index (κ2) is 1.91. The van der Waals surface area contributed by atoms with Crippen molar-refractivity contribution in [1.29, 1.82) is 0 Å². The zero-order chi connectivity index (χ0) is 7.31. The van der Waals surface area contributed by atoms with Crippen molar-refractivity contribution in [3.05, 3.63) is 12.2 Å². The molecule has 2 saturated carbocycles. The SMILES string of the molecule is C1=CC2(CC1)CC1CCC2C1. The highest BCUT2D eigenvalue weighted by Gasteiger charge is 2.49. The Labute approximate surface area is 68.7 Å². The Bertz CT molecular complexity index is 204. The van der Waals surface area contributed by atoms with Crippen molar-refractivity contribution in [3.63, 3.8) is 0 Å². The highest BCUT2D eigenvalue weighted by Crippen LogP contribution is 2.60. The third kappa shape index (κ3) is 0.706. The first-order chi connectivity index (χ1) is 5.39. The molecule has 3 unspecified atom stereocenters. The third-order valence-electron chi connectivity index (χ3n) is 4.25. The van der Waals surface area contributed by atoms with Crippen molar-refractivity contribution >= 4 is 0 Å². The summed E-state index contributed by atoms with van der Waals surface area (Å²) < 4.78 is 0. The first-order valence-electron chi connectivity index (χ1n) is 5.07. The van der Waals surface area contributed by atoms with E-state index in [2.05, 4.69) is 12.2 Å². The summed E-state index contributed by atoms with van der Waals surface area (Å²) in [5.74, 6) is 2.20. The molecule has 0 aromatic carbocycles. The molecule has 2 fully saturated rings. The van der Waals surface area contributed by atoms with E-state index < -0.39 is 0 Å². The third-order valence-corrected chi connectivity index (χ3v) is 4.25. The highest BCUT2D eigenvalue weighted by atomic mass is 14.5. The van der Waals surface area contributed by atoms with Crippen molar-refractivity contribution in [2.24, 2.45) is 17.3 Å². The second-order valence-electron chi connectivity index (χ2n) is 4.75. The minimum atomic E-state index is 0.725. The summed E-state index contributed by atoms with van der Waals surface area (Å²) in [6, 6.07) is 0. The molecule has 0 saturated heterocycles. The largest absolute Gasteiger partial charge is 0.0879 e. The molecule has 0 heterocycles. The molecule has 0 amide bonds. The van der Waals surface area contributed by atoms with Crippen LogP contribution < -0.4 is 0 Å². The van der Waals surface area contributed by atoms with Crippen LogP contribution in [0.25, 0.3) is 0 Å². The van der Waals surface area contributed by atoms with Crippen LogP contribution in [0.15, 0.2) is 12.2 Å². The van der Waals surface area contributed by atoms with Gasteiger partial charge in [-0.1, -0.05) is 18.6 Å². The van der Waals surface area contributed by atoms with Gasteiger partial charge in [-0.25, -0.2) is 0 Å².